The van der Waals surface area contributed by atoms with Crippen molar-refractivity contribution in [1.82, 2.24) is 9.80 Å². The Morgan fingerprint density at radius 2 is 2.23 bits per heavy atom. The SMILES string of the molecule is CCN1CCC(SC2=C(C(=O)O)N3C(=O)C(C(C)O)[C@H]3C2)C1. The minimum atomic E-state index is -1.03. The zero-order valence-corrected chi connectivity index (χ0v) is 13.7. The number of amides is 1. The molecule has 22 heavy (non-hydrogen) atoms. The van der Waals surface area contributed by atoms with Gasteiger partial charge in [0.15, 0.2) is 0 Å². The van der Waals surface area contributed by atoms with Gasteiger partial charge in [0.25, 0.3) is 0 Å². The maximum atomic E-state index is 12.1. The van der Waals surface area contributed by atoms with Crippen molar-refractivity contribution < 1.29 is 19.8 Å². The average molecular weight is 326 g/mol. The molecule has 2 fully saturated rings. The van der Waals surface area contributed by atoms with E-state index in [4.69, 9.17) is 0 Å². The Balaban J connectivity index is 1.76. The molecule has 2 N–H and O–H groups in total. The van der Waals surface area contributed by atoms with Crippen molar-refractivity contribution in [3.63, 3.8) is 0 Å². The number of thioether (sulfide) groups is 1. The third-order valence-electron chi connectivity index (χ3n) is 4.88. The van der Waals surface area contributed by atoms with Gasteiger partial charge >= 0.3 is 5.97 Å². The zero-order valence-electron chi connectivity index (χ0n) is 12.9. The summed E-state index contributed by atoms with van der Waals surface area (Å²) in [6, 6.07) is -0.176. The quantitative estimate of drug-likeness (QED) is 0.725. The summed E-state index contributed by atoms with van der Waals surface area (Å²) in [5.41, 5.74) is 0.145. The van der Waals surface area contributed by atoms with Crippen LogP contribution < -0.4 is 0 Å². The van der Waals surface area contributed by atoms with Gasteiger partial charge in [-0.25, -0.2) is 4.79 Å². The average Bonchev–Trinajstić information content (AvgIpc) is 3.01. The van der Waals surface area contributed by atoms with Crippen molar-refractivity contribution >= 4 is 23.6 Å². The Morgan fingerprint density at radius 3 is 2.77 bits per heavy atom. The molecule has 3 aliphatic rings. The van der Waals surface area contributed by atoms with Gasteiger partial charge in [-0.15, -0.1) is 11.8 Å². The molecule has 1 amide bonds. The van der Waals surface area contributed by atoms with Crippen molar-refractivity contribution in [1.29, 1.82) is 0 Å². The number of aliphatic hydroxyl groups is 1. The number of β-lactam (4-membered cyclic amide) rings is 1. The normalized spacial score (nSPS) is 33.1. The predicted octanol–water partition coefficient (Wildman–Crippen LogP) is 0.721. The molecule has 0 aliphatic carbocycles. The summed E-state index contributed by atoms with van der Waals surface area (Å²) in [4.78, 5) is 28.3. The molecule has 0 radical (unpaired) electrons. The number of carboxylic acids is 1. The number of hydrogen-bond acceptors (Lipinski definition) is 5. The molecular weight excluding hydrogens is 304 g/mol. The molecule has 6 nitrogen and oxygen atoms in total. The van der Waals surface area contributed by atoms with Crippen LogP contribution in [0.4, 0.5) is 0 Å². The van der Waals surface area contributed by atoms with Crippen LogP contribution in [0.15, 0.2) is 10.6 Å². The maximum Gasteiger partial charge on any atom is 0.353 e. The summed E-state index contributed by atoms with van der Waals surface area (Å²) in [7, 11) is 0. The summed E-state index contributed by atoms with van der Waals surface area (Å²) in [6.07, 6.45) is 0.888. The molecule has 2 saturated heterocycles. The van der Waals surface area contributed by atoms with Crippen LogP contribution in [0.25, 0.3) is 0 Å². The summed E-state index contributed by atoms with van der Waals surface area (Å²) in [6.45, 7) is 6.76. The Hall–Kier alpha value is -1.05. The van der Waals surface area contributed by atoms with Crippen LogP contribution in [-0.4, -0.2) is 68.9 Å². The Bertz CT molecular complexity index is 534. The second kappa shape index (κ2) is 5.86. The molecule has 7 heteroatoms. The molecule has 3 rings (SSSR count). The fourth-order valence-electron chi connectivity index (χ4n) is 3.72. The lowest BCUT2D eigenvalue weighted by molar-refractivity contribution is -0.161. The van der Waals surface area contributed by atoms with E-state index in [9.17, 15) is 19.8 Å². The Labute approximate surface area is 134 Å². The third kappa shape index (κ3) is 2.45. The second-order valence-corrected chi connectivity index (χ2v) is 7.64. The Morgan fingerprint density at radius 1 is 1.50 bits per heavy atom. The van der Waals surface area contributed by atoms with Gasteiger partial charge in [-0.1, -0.05) is 6.92 Å². The first-order chi connectivity index (χ1) is 10.4. The van der Waals surface area contributed by atoms with Crippen LogP contribution in [0.1, 0.15) is 26.7 Å². The molecule has 3 unspecified atom stereocenters. The summed E-state index contributed by atoms with van der Waals surface area (Å²) in [5.74, 6) is -1.74. The highest BCUT2D eigenvalue weighted by Crippen LogP contribution is 2.48. The highest BCUT2D eigenvalue weighted by Gasteiger charge is 2.56. The second-order valence-electron chi connectivity index (χ2n) is 6.24. The van der Waals surface area contributed by atoms with Crippen LogP contribution in [0.3, 0.4) is 0 Å². The van der Waals surface area contributed by atoms with Gasteiger partial charge in [0.05, 0.1) is 18.1 Å². The number of hydrogen-bond donors (Lipinski definition) is 2. The van der Waals surface area contributed by atoms with E-state index in [0.29, 0.717) is 11.7 Å². The summed E-state index contributed by atoms with van der Waals surface area (Å²) < 4.78 is 0. The fraction of sp³-hybridized carbons (Fsp3) is 0.733. The van der Waals surface area contributed by atoms with Crippen LogP contribution in [0.5, 0.6) is 0 Å². The van der Waals surface area contributed by atoms with Gasteiger partial charge in [0, 0.05) is 23.1 Å². The highest BCUT2D eigenvalue weighted by atomic mass is 32.2. The van der Waals surface area contributed by atoms with Crippen molar-refractivity contribution in [2.45, 2.75) is 44.1 Å². The van der Waals surface area contributed by atoms with Crippen LogP contribution in [0, 0.1) is 5.92 Å². The van der Waals surface area contributed by atoms with Crippen molar-refractivity contribution in [2.75, 3.05) is 19.6 Å². The molecule has 0 bridgehead atoms. The topological polar surface area (TPSA) is 81.1 Å². The number of likely N-dealkylation sites (tertiary alicyclic amines) is 1. The van der Waals surface area contributed by atoms with Crippen molar-refractivity contribution in [2.24, 2.45) is 5.92 Å². The molecule has 0 aromatic carbocycles. The van der Waals surface area contributed by atoms with Gasteiger partial charge in [-0.3, -0.25) is 4.79 Å². The molecule has 0 aromatic rings. The molecule has 3 heterocycles. The number of rotatable bonds is 5. The first kappa shape index (κ1) is 15.8. The summed E-state index contributed by atoms with van der Waals surface area (Å²) >= 11 is 1.62. The minimum absolute atomic E-state index is 0.145. The van der Waals surface area contributed by atoms with E-state index < -0.39 is 18.0 Å². The van der Waals surface area contributed by atoms with Crippen molar-refractivity contribution in [3.8, 4) is 0 Å². The number of nitrogens with zero attached hydrogens (tertiary/aromatic N) is 2. The van der Waals surface area contributed by atoms with Gasteiger partial charge in [0.1, 0.15) is 5.70 Å². The lowest BCUT2D eigenvalue weighted by Gasteiger charge is -2.44. The first-order valence-electron chi connectivity index (χ1n) is 7.80. The van der Waals surface area contributed by atoms with E-state index in [2.05, 4.69) is 11.8 Å². The number of carbonyl (C=O) groups is 2. The van der Waals surface area contributed by atoms with Crippen LogP contribution in [0.2, 0.25) is 0 Å². The predicted molar refractivity (Wildman–Crippen MR) is 83.2 cm³/mol. The van der Waals surface area contributed by atoms with Crippen LogP contribution >= 0.6 is 11.8 Å². The van der Waals surface area contributed by atoms with E-state index in [0.717, 1.165) is 31.0 Å². The number of aliphatic hydroxyl groups excluding tert-OH is 1. The van der Waals surface area contributed by atoms with Gasteiger partial charge in [-0.05, 0) is 26.4 Å². The third-order valence-corrected chi connectivity index (χ3v) is 6.24. The maximum absolute atomic E-state index is 12.1. The lowest BCUT2D eigenvalue weighted by atomic mass is 9.83. The molecule has 0 aromatic heterocycles. The molecule has 4 atom stereocenters. The number of carboxylic acid groups (broad SMARTS) is 1. The number of carbonyl (C=O) groups excluding carboxylic acids is 1. The molecule has 122 valence electrons. The highest BCUT2D eigenvalue weighted by molar-refractivity contribution is 8.03. The van der Waals surface area contributed by atoms with E-state index >= 15 is 0 Å². The summed E-state index contributed by atoms with van der Waals surface area (Å²) in [5, 5.41) is 19.6. The number of fused-ring (bicyclic) bond motifs is 1. The Kier molecular flexibility index (Phi) is 4.22. The van der Waals surface area contributed by atoms with E-state index in [1.54, 1.807) is 18.7 Å². The van der Waals surface area contributed by atoms with E-state index in [1.807, 2.05) is 0 Å². The zero-order chi connectivity index (χ0) is 16.0. The molecule has 3 aliphatic heterocycles. The lowest BCUT2D eigenvalue weighted by Crippen LogP contribution is -2.61. The first-order valence-corrected chi connectivity index (χ1v) is 8.68. The number of aliphatic carboxylic acids is 1. The molecule has 0 saturated carbocycles. The van der Waals surface area contributed by atoms with E-state index in [-0.39, 0.29) is 17.6 Å². The smallest absolute Gasteiger partial charge is 0.353 e. The van der Waals surface area contributed by atoms with Gasteiger partial charge in [-0.2, -0.15) is 0 Å². The van der Waals surface area contributed by atoms with Crippen molar-refractivity contribution in [3.05, 3.63) is 10.6 Å². The standard InChI is InChI=1S/C15H22N2O4S/c1-3-16-5-4-9(7-16)22-11-6-10-12(8(2)18)14(19)17(10)13(11)15(20)21/h8-10,12,18H,3-7H2,1-2H3,(H,20,21)/t8?,9?,10-,12?/m1/s1. The van der Waals surface area contributed by atoms with Crippen LogP contribution in [-0.2, 0) is 9.59 Å². The molecule has 0 spiro atoms. The monoisotopic (exact) mass is 326 g/mol. The largest absolute Gasteiger partial charge is 0.477 e. The minimum Gasteiger partial charge on any atom is -0.477 e. The van der Waals surface area contributed by atoms with Gasteiger partial charge in [0.2, 0.25) is 5.91 Å². The fourth-order valence-corrected chi connectivity index (χ4v) is 5.19. The van der Waals surface area contributed by atoms with Gasteiger partial charge < -0.3 is 20.0 Å². The molecular formula is C15H22N2O4S. The van der Waals surface area contributed by atoms with E-state index in [1.165, 1.54) is 4.90 Å².